The maximum Gasteiger partial charge on any atom is 0.0141 e. The van der Waals surface area contributed by atoms with Crippen molar-refractivity contribution in [2.75, 3.05) is 6.54 Å². The van der Waals surface area contributed by atoms with Gasteiger partial charge in [0.05, 0.1) is 0 Å². The van der Waals surface area contributed by atoms with E-state index in [9.17, 15) is 0 Å². The van der Waals surface area contributed by atoms with E-state index in [4.69, 9.17) is 0 Å². The lowest BCUT2D eigenvalue weighted by atomic mass is 10.1. The van der Waals surface area contributed by atoms with E-state index in [1.165, 1.54) is 12.8 Å². The fourth-order valence-electron chi connectivity index (χ4n) is 0.714. The Morgan fingerprint density at radius 3 is 2.27 bits per heavy atom. The Balaban J connectivity index is 0. The van der Waals surface area contributed by atoms with E-state index in [0.717, 1.165) is 12.5 Å². The van der Waals surface area contributed by atoms with Crippen molar-refractivity contribution in [1.29, 1.82) is 0 Å². The van der Waals surface area contributed by atoms with Crippen LogP contribution in [-0.2, 0) is 0 Å². The van der Waals surface area contributed by atoms with Crippen LogP contribution in [0.4, 0.5) is 0 Å². The highest BCUT2D eigenvalue weighted by molar-refractivity contribution is 4.62. The molecule has 0 heterocycles. The van der Waals surface area contributed by atoms with Crippen molar-refractivity contribution >= 4 is 0 Å². The molecule has 11 heavy (non-hydrogen) atoms. The first-order valence-corrected chi connectivity index (χ1v) is 4.61. The van der Waals surface area contributed by atoms with Crippen molar-refractivity contribution in [2.45, 2.75) is 40.5 Å². The fraction of sp³-hybridized carbons (Fsp3) is 0.800. The first kappa shape index (κ1) is 13.2. The van der Waals surface area contributed by atoms with Crippen LogP contribution in [0.2, 0.25) is 0 Å². The molecule has 0 saturated heterocycles. The van der Waals surface area contributed by atoms with Gasteiger partial charge >= 0.3 is 0 Å². The summed E-state index contributed by atoms with van der Waals surface area (Å²) in [6.07, 6.45) is 4.31. The molecular weight excluding hydrogens is 134 g/mol. The van der Waals surface area contributed by atoms with Gasteiger partial charge in [0, 0.05) is 6.54 Å². The highest BCUT2D eigenvalue weighted by atomic mass is 14.8. The molecule has 0 fully saturated rings. The molecule has 0 aromatic carbocycles. The van der Waals surface area contributed by atoms with Gasteiger partial charge in [0.1, 0.15) is 0 Å². The summed E-state index contributed by atoms with van der Waals surface area (Å²) in [5.74, 6) is 0.830. The quantitative estimate of drug-likeness (QED) is 0.604. The van der Waals surface area contributed by atoms with Gasteiger partial charge in [0.25, 0.3) is 0 Å². The molecule has 0 rings (SSSR count). The van der Waals surface area contributed by atoms with Crippen LogP contribution in [0.3, 0.4) is 0 Å². The minimum Gasteiger partial charge on any atom is -0.391 e. The molecule has 0 aliphatic carbocycles. The average molecular weight is 157 g/mol. The van der Waals surface area contributed by atoms with E-state index in [-0.39, 0.29) is 0 Å². The summed E-state index contributed by atoms with van der Waals surface area (Å²) in [6.45, 7) is 13.1. The zero-order chi connectivity index (χ0) is 9.11. The van der Waals surface area contributed by atoms with Crippen molar-refractivity contribution < 1.29 is 0 Å². The van der Waals surface area contributed by atoms with Gasteiger partial charge < -0.3 is 5.32 Å². The Morgan fingerprint density at radius 2 is 1.91 bits per heavy atom. The monoisotopic (exact) mass is 157 g/mol. The number of nitrogens with one attached hydrogen (secondary N) is 1. The van der Waals surface area contributed by atoms with Crippen LogP contribution in [0.15, 0.2) is 12.8 Å². The third-order valence-corrected chi connectivity index (χ3v) is 1.25. The average Bonchev–Trinajstić information content (AvgIpc) is 2.02. The standard InChI is InChI=1S/C8H17N.C2H6/c1-4-9-7-5-6-8(2)3;1-2/h4,8-9H,1,5-7H2,2-3H3;1-2H3. The maximum absolute atomic E-state index is 3.57. The van der Waals surface area contributed by atoms with Gasteiger partial charge in [0.2, 0.25) is 0 Å². The molecule has 0 radical (unpaired) electrons. The lowest BCUT2D eigenvalue weighted by Gasteiger charge is -2.02. The van der Waals surface area contributed by atoms with Crippen molar-refractivity contribution in [3.8, 4) is 0 Å². The Labute approximate surface area is 71.9 Å². The zero-order valence-electron chi connectivity index (χ0n) is 8.48. The lowest BCUT2D eigenvalue weighted by molar-refractivity contribution is 0.548. The highest BCUT2D eigenvalue weighted by Gasteiger charge is 1.90. The number of hydrogen-bond acceptors (Lipinski definition) is 1. The Morgan fingerprint density at radius 1 is 1.36 bits per heavy atom. The second-order valence-electron chi connectivity index (χ2n) is 2.69. The van der Waals surface area contributed by atoms with Crippen molar-refractivity contribution in [3.05, 3.63) is 12.8 Å². The largest absolute Gasteiger partial charge is 0.391 e. The van der Waals surface area contributed by atoms with E-state index < -0.39 is 0 Å². The summed E-state index contributed by atoms with van der Waals surface area (Å²) in [7, 11) is 0. The van der Waals surface area contributed by atoms with Gasteiger partial charge in [-0.2, -0.15) is 0 Å². The summed E-state index contributed by atoms with van der Waals surface area (Å²) in [6, 6.07) is 0. The summed E-state index contributed by atoms with van der Waals surface area (Å²) in [5, 5.41) is 3.07. The van der Waals surface area contributed by atoms with Crippen LogP contribution in [-0.4, -0.2) is 6.54 Å². The molecule has 0 saturated carbocycles. The molecule has 0 aromatic heterocycles. The molecule has 0 bridgehead atoms. The Kier molecular flexibility index (Phi) is 14.6. The molecule has 0 aliphatic rings. The molecule has 1 heteroatoms. The van der Waals surface area contributed by atoms with Crippen molar-refractivity contribution in [2.24, 2.45) is 5.92 Å². The molecule has 0 aromatic rings. The van der Waals surface area contributed by atoms with E-state index in [1.807, 2.05) is 13.8 Å². The maximum atomic E-state index is 3.57. The van der Waals surface area contributed by atoms with Gasteiger partial charge in [-0.15, -0.1) is 0 Å². The van der Waals surface area contributed by atoms with E-state index in [1.54, 1.807) is 6.20 Å². The second kappa shape index (κ2) is 12.2. The van der Waals surface area contributed by atoms with Gasteiger partial charge in [0.15, 0.2) is 0 Å². The first-order chi connectivity index (χ1) is 5.27. The van der Waals surface area contributed by atoms with Crippen molar-refractivity contribution in [3.63, 3.8) is 0 Å². The van der Waals surface area contributed by atoms with Crippen LogP contribution in [0.1, 0.15) is 40.5 Å². The predicted octanol–water partition coefficient (Wildman–Crippen LogP) is 3.18. The predicted molar refractivity (Wildman–Crippen MR) is 53.6 cm³/mol. The lowest BCUT2D eigenvalue weighted by Crippen LogP contribution is -2.06. The molecule has 0 amide bonds. The van der Waals surface area contributed by atoms with E-state index >= 15 is 0 Å². The number of hydrogen-bond donors (Lipinski definition) is 1. The summed E-state index contributed by atoms with van der Waals surface area (Å²) < 4.78 is 0. The minimum atomic E-state index is 0.830. The zero-order valence-corrected chi connectivity index (χ0v) is 8.48. The van der Waals surface area contributed by atoms with Crippen molar-refractivity contribution in [1.82, 2.24) is 5.32 Å². The van der Waals surface area contributed by atoms with E-state index in [0.29, 0.717) is 0 Å². The van der Waals surface area contributed by atoms with Crippen LogP contribution in [0, 0.1) is 5.92 Å². The third kappa shape index (κ3) is 17.7. The third-order valence-electron chi connectivity index (χ3n) is 1.25. The molecule has 0 aliphatic heterocycles. The fourth-order valence-corrected chi connectivity index (χ4v) is 0.714. The second-order valence-corrected chi connectivity index (χ2v) is 2.69. The molecule has 0 atom stereocenters. The first-order valence-electron chi connectivity index (χ1n) is 4.61. The van der Waals surface area contributed by atoms with E-state index in [2.05, 4.69) is 25.7 Å². The molecule has 0 unspecified atom stereocenters. The molecule has 0 spiro atoms. The van der Waals surface area contributed by atoms with Crippen LogP contribution in [0.25, 0.3) is 0 Å². The highest BCUT2D eigenvalue weighted by Crippen LogP contribution is 2.01. The van der Waals surface area contributed by atoms with Gasteiger partial charge in [-0.1, -0.05) is 34.3 Å². The van der Waals surface area contributed by atoms with Crippen LogP contribution >= 0.6 is 0 Å². The Hall–Kier alpha value is -0.460. The number of rotatable bonds is 5. The van der Waals surface area contributed by atoms with Gasteiger partial charge in [-0.3, -0.25) is 0 Å². The van der Waals surface area contributed by atoms with Crippen LogP contribution in [0.5, 0.6) is 0 Å². The van der Waals surface area contributed by atoms with Gasteiger partial charge in [-0.25, -0.2) is 0 Å². The summed E-state index contributed by atoms with van der Waals surface area (Å²) in [4.78, 5) is 0. The SMILES string of the molecule is C=CNCCCC(C)C.CC. The van der Waals surface area contributed by atoms with Gasteiger partial charge in [-0.05, 0) is 25.0 Å². The molecule has 68 valence electrons. The smallest absolute Gasteiger partial charge is 0.0141 e. The minimum absolute atomic E-state index is 0.830. The molecular formula is C10H23N. The molecule has 1 N–H and O–H groups in total. The van der Waals surface area contributed by atoms with Crippen LogP contribution < -0.4 is 5.32 Å². The molecule has 1 nitrogen and oxygen atoms in total. The topological polar surface area (TPSA) is 12.0 Å². The summed E-state index contributed by atoms with van der Waals surface area (Å²) in [5.41, 5.74) is 0. The Bertz CT molecular complexity index is 67.3. The normalized spacial score (nSPS) is 8.45. The summed E-state index contributed by atoms with van der Waals surface area (Å²) >= 11 is 0.